The Balaban J connectivity index is 2.45. The first kappa shape index (κ1) is 9.08. The van der Waals surface area contributed by atoms with Crippen LogP contribution in [0.4, 0.5) is 0 Å². The van der Waals surface area contributed by atoms with Crippen LogP contribution in [0.25, 0.3) is 0 Å². The van der Waals surface area contributed by atoms with Gasteiger partial charge in [-0.15, -0.1) is 12.3 Å². The van der Waals surface area contributed by atoms with Crippen molar-refractivity contribution in [2.24, 2.45) is 5.92 Å². The maximum Gasteiger partial charge on any atom is 0.321 e. The minimum Gasteiger partial charge on any atom is -0.480 e. The lowest BCUT2D eigenvalue weighted by molar-refractivity contribution is -0.145. The van der Waals surface area contributed by atoms with Gasteiger partial charge in [-0.2, -0.15) is 0 Å². The van der Waals surface area contributed by atoms with E-state index in [0.717, 1.165) is 13.1 Å². The van der Waals surface area contributed by atoms with Crippen molar-refractivity contribution in [2.45, 2.75) is 19.4 Å². The first-order valence-electron chi connectivity index (χ1n) is 4.05. The molecule has 1 rings (SSSR count). The van der Waals surface area contributed by atoms with E-state index in [1.54, 1.807) is 0 Å². The Morgan fingerprint density at radius 3 is 2.75 bits per heavy atom. The van der Waals surface area contributed by atoms with Crippen molar-refractivity contribution in [2.75, 3.05) is 13.1 Å². The second-order valence-corrected chi connectivity index (χ2v) is 3.32. The van der Waals surface area contributed by atoms with Gasteiger partial charge in [-0.05, 0) is 5.92 Å². The smallest absolute Gasteiger partial charge is 0.321 e. The quantitative estimate of drug-likeness (QED) is 0.619. The van der Waals surface area contributed by atoms with Gasteiger partial charge in [0, 0.05) is 19.5 Å². The molecule has 12 heavy (non-hydrogen) atoms. The Bertz CT molecular complexity index is 213. The Kier molecular flexibility index (Phi) is 2.72. The maximum atomic E-state index is 10.7. The van der Waals surface area contributed by atoms with E-state index in [1.807, 2.05) is 4.90 Å². The number of aliphatic carboxylic acids is 1. The first-order chi connectivity index (χ1) is 5.65. The van der Waals surface area contributed by atoms with Crippen LogP contribution in [-0.4, -0.2) is 35.1 Å². The minimum atomic E-state index is -0.806. The second kappa shape index (κ2) is 3.59. The number of terminal acetylenes is 1. The lowest BCUT2D eigenvalue weighted by atomic mass is 9.98. The van der Waals surface area contributed by atoms with E-state index >= 15 is 0 Å². The molecular formula is C9H13NO2. The van der Waals surface area contributed by atoms with Gasteiger partial charge in [-0.3, -0.25) is 9.69 Å². The fraction of sp³-hybridized carbons (Fsp3) is 0.667. The highest BCUT2D eigenvalue weighted by Crippen LogP contribution is 2.19. The molecule has 1 aliphatic rings. The number of carbonyl (C=O) groups is 1. The van der Waals surface area contributed by atoms with Crippen LogP contribution < -0.4 is 0 Å². The molecule has 0 aromatic rings. The summed E-state index contributed by atoms with van der Waals surface area (Å²) in [4.78, 5) is 12.6. The van der Waals surface area contributed by atoms with E-state index in [4.69, 9.17) is 11.5 Å². The van der Waals surface area contributed by atoms with Gasteiger partial charge < -0.3 is 5.11 Å². The molecule has 1 aliphatic heterocycles. The van der Waals surface area contributed by atoms with Crippen molar-refractivity contribution in [1.29, 1.82) is 0 Å². The molecule has 1 atom stereocenters. The van der Waals surface area contributed by atoms with Crippen molar-refractivity contribution in [3.8, 4) is 12.3 Å². The van der Waals surface area contributed by atoms with Gasteiger partial charge in [0.1, 0.15) is 6.04 Å². The van der Waals surface area contributed by atoms with Crippen molar-refractivity contribution < 1.29 is 9.90 Å². The Morgan fingerprint density at radius 2 is 2.42 bits per heavy atom. The highest BCUT2D eigenvalue weighted by molar-refractivity contribution is 5.74. The highest BCUT2D eigenvalue weighted by Gasteiger charge is 2.32. The number of likely N-dealkylation sites (tertiary alicyclic amines) is 1. The summed E-state index contributed by atoms with van der Waals surface area (Å²) in [5.41, 5.74) is 0. The molecule has 0 radical (unpaired) electrons. The Hall–Kier alpha value is -1.01. The molecule has 0 aromatic carbocycles. The first-order valence-corrected chi connectivity index (χ1v) is 4.05. The number of hydrogen-bond donors (Lipinski definition) is 1. The van der Waals surface area contributed by atoms with Crippen LogP contribution in [0.3, 0.4) is 0 Å². The SMILES string of the molecule is C#CCC(C(=O)O)N1CC(C)C1. The third kappa shape index (κ3) is 1.77. The number of carboxylic acid groups (broad SMARTS) is 1. The predicted molar refractivity (Wildman–Crippen MR) is 45.6 cm³/mol. The van der Waals surface area contributed by atoms with E-state index in [2.05, 4.69) is 12.8 Å². The average Bonchev–Trinajstić information content (AvgIpc) is 1.94. The van der Waals surface area contributed by atoms with Gasteiger partial charge in [0.15, 0.2) is 0 Å². The monoisotopic (exact) mass is 167 g/mol. The normalized spacial score (nSPS) is 21.0. The number of carboxylic acids is 1. The van der Waals surface area contributed by atoms with Gasteiger partial charge in [0.2, 0.25) is 0 Å². The van der Waals surface area contributed by atoms with Gasteiger partial charge in [0.05, 0.1) is 0 Å². The number of hydrogen-bond acceptors (Lipinski definition) is 2. The van der Waals surface area contributed by atoms with E-state index in [0.29, 0.717) is 12.3 Å². The van der Waals surface area contributed by atoms with Gasteiger partial charge in [-0.1, -0.05) is 6.92 Å². The van der Waals surface area contributed by atoms with Gasteiger partial charge >= 0.3 is 5.97 Å². The zero-order chi connectivity index (χ0) is 9.14. The molecule has 0 aliphatic carbocycles. The Labute approximate surface area is 72.4 Å². The summed E-state index contributed by atoms with van der Waals surface area (Å²) in [6, 6.07) is -0.466. The molecule has 0 aromatic heterocycles. The molecular weight excluding hydrogens is 154 g/mol. The Morgan fingerprint density at radius 1 is 1.83 bits per heavy atom. The minimum absolute atomic E-state index is 0.308. The fourth-order valence-electron chi connectivity index (χ4n) is 1.49. The predicted octanol–water partition coefficient (Wildman–Crippen LogP) is 0.415. The summed E-state index contributed by atoms with van der Waals surface area (Å²) >= 11 is 0. The summed E-state index contributed by atoms with van der Waals surface area (Å²) in [5.74, 6) is 2.20. The lowest BCUT2D eigenvalue weighted by Gasteiger charge is -2.40. The van der Waals surface area contributed by atoms with E-state index in [-0.39, 0.29) is 0 Å². The van der Waals surface area contributed by atoms with Crippen LogP contribution in [0.2, 0.25) is 0 Å². The maximum absolute atomic E-state index is 10.7. The topological polar surface area (TPSA) is 40.5 Å². The third-order valence-corrected chi connectivity index (χ3v) is 2.13. The van der Waals surface area contributed by atoms with Crippen LogP contribution in [0.15, 0.2) is 0 Å². The summed E-state index contributed by atoms with van der Waals surface area (Å²) < 4.78 is 0. The molecule has 0 spiro atoms. The second-order valence-electron chi connectivity index (χ2n) is 3.32. The van der Waals surface area contributed by atoms with Gasteiger partial charge in [-0.25, -0.2) is 0 Å². The molecule has 1 unspecified atom stereocenters. The van der Waals surface area contributed by atoms with Crippen LogP contribution in [-0.2, 0) is 4.79 Å². The van der Waals surface area contributed by atoms with E-state index < -0.39 is 12.0 Å². The number of nitrogens with zero attached hydrogens (tertiary/aromatic N) is 1. The van der Waals surface area contributed by atoms with Crippen LogP contribution >= 0.6 is 0 Å². The van der Waals surface area contributed by atoms with Crippen molar-refractivity contribution >= 4 is 5.97 Å². The molecule has 0 bridgehead atoms. The molecule has 1 saturated heterocycles. The zero-order valence-corrected chi connectivity index (χ0v) is 7.16. The largest absolute Gasteiger partial charge is 0.480 e. The van der Waals surface area contributed by atoms with Crippen molar-refractivity contribution in [3.05, 3.63) is 0 Å². The third-order valence-electron chi connectivity index (χ3n) is 2.13. The van der Waals surface area contributed by atoms with Gasteiger partial charge in [0.25, 0.3) is 0 Å². The average molecular weight is 167 g/mol. The standard InChI is InChI=1S/C9H13NO2/c1-3-4-8(9(11)12)10-5-7(2)6-10/h1,7-8H,4-6H2,2H3,(H,11,12). The van der Waals surface area contributed by atoms with Crippen molar-refractivity contribution in [3.63, 3.8) is 0 Å². The summed E-state index contributed by atoms with van der Waals surface area (Å²) in [6.45, 7) is 3.82. The summed E-state index contributed by atoms with van der Waals surface area (Å²) in [6.07, 6.45) is 5.39. The number of rotatable bonds is 3. The summed E-state index contributed by atoms with van der Waals surface area (Å²) in [5, 5.41) is 8.79. The van der Waals surface area contributed by atoms with Crippen LogP contribution in [0.5, 0.6) is 0 Å². The molecule has 0 saturated carbocycles. The molecule has 0 amide bonds. The molecule has 3 nitrogen and oxygen atoms in total. The lowest BCUT2D eigenvalue weighted by Crippen LogP contribution is -2.53. The fourth-order valence-corrected chi connectivity index (χ4v) is 1.49. The molecule has 1 fully saturated rings. The zero-order valence-electron chi connectivity index (χ0n) is 7.16. The van der Waals surface area contributed by atoms with Crippen LogP contribution in [0, 0.1) is 18.3 Å². The highest BCUT2D eigenvalue weighted by atomic mass is 16.4. The van der Waals surface area contributed by atoms with Crippen LogP contribution in [0.1, 0.15) is 13.3 Å². The van der Waals surface area contributed by atoms with E-state index in [1.165, 1.54) is 0 Å². The van der Waals surface area contributed by atoms with Crippen molar-refractivity contribution in [1.82, 2.24) is 4.90 Å². The molecule has 1 N–H and O–H groups in total. The molecule has 66 valence electrons. The van der Waals surface area contributed by atoms with E-state index in [9.17, 15) is 4.79 Å². The molecule has 1 heterocycles. The summed E-state index contributed by atoms with van der Waals surface area (Å²) in [7, 11) is 0. The molecule has 3 heteroatoms.